The largest absolute Gasteiger partial charge is 0.493 e. The summed E-state index contributed by atoms with van der Waals surface area (Å²) in [5, 5.41) is 0. The van der Waals surface area contributed by atoms with Crippen LogP contribution >= 0.6 is 0 Å². The molecular weight excluding hydrogens is 442 g/mol. The standard InChI is InChI=1S/C28H27N3O4/c1-33-26-12-9-20(17-27(26)34-2)13-14-35-28-8-4-7-25(31-28)22-6-3-5-21(15-22)16-24(32)11-10-23-18-29-19-30-23/h3-12,15,17-19H,13-14,16H2,1-2H3,(H,29,30)/b11-10+. The van der Waals surface area contributed by atoms with Gasteiger partial charge in [0.05, 0.1) is 44.7 Å². The number of methoxy groups -OCH3 is 2. The first-order valence-corrected chi connectivity index (χ1v) is 11.2. The van der Waals surface area contributed by atoms with Gasteiger partial charge < -0.3 is 19.2 Å². The number of H-pyrrole nitrogens is 1. The molecule has 0 bridgehead atoms. The van der Waals surface area contributed by atoms with Gasteiger partial charge in [-0.15, -0.1) is 0 Å². The molecule has 2 aromatic carbocycles. The molecule has 0 fully saturated rings. The maximum atomic E-state index is 12.3. The number of nitrogens with zero attached hydrogens (tertiary/aromatic N) is 2. The molecule has 7 nitrogen and oxygen atoms in total. The Bertz CT molecular complexity index is 1300. The molecule has 7 heteroatoms. The molecule has 0 amide bonds. The number of imidazole rings is 1. The van der Waals surface area contributed by atoms with E-state index in [1.54, 1.807) is 38.9 Å². The zero-order valence-corrected chi connectivity index (χ0v) is 19.7. The Kier molecular flexibility index (Phi) is 7.91. The lowest BCUT2D eigenvalue weighted by Gasteiger charge is -2.11. The van der Waals surface area contributed by atoms with E-state index in [0.717, 1.165) is 28.1 Å². The molecule has 2 aromatic heterocycles. The molecule has 0 aliphatic heterocycles. The third kappa shape index (κ3) is 6.57. The number of rotatable bonds is 11. The SMILES string of the molecule is COc1ccc(CCOc2cccc(-c3cccc(CC(=O)/C=C/c4cnc[nH]4)c3)n2)cc1OC. The van der Waals surface area contributed by atoms with Crippen molar-refractivity contribution in [1.82, 2.24) is 15.0 Å². The van der Waals surface area contributed by atoms with E-state index in [9.17, 15) is 4.79 Å². The zero-order chi connectivity index (χ0) is 24.5. The minimum absolute atomic E-state index is 0.0111. The van der Waals surface area contributed by atoms with E-state index in [0.29, 0.717) is 36.8 Å². The number of aromatic amines is 1. The van der Waals surface area contributed by atoms with Crippen molar-refractivity contribution in [3.05, 3.63) is 96.1 Å². The Morgan fingerprint density at radius 2 is 1.83 bits per heavy atom. The number of benzene rings is 2. The second-order valence-electron chi connectivity index (χ2n) is 7.83. The summed E-state index contributed by atoms with van der Waals surface area (Å²) in [6, 6.07) is 19.3. The summed E-state index contributed by atoms with van der Waals surface area (Å²) >= 11 is 0. The van der Waals surface area contributed by atoms with Gasteiger partial charge in [-0.1, -0.05) is 30.3 Å². The molecule has 0 unspecified atom stereocenters. The Balaban J connectivity index is 1.37. The first-order valence-electron chi connectivity index (χ1n) is 11.2. The molecule has 0 aliphatic carbocycles. The van der Waals surface area contributed by atoms with E-state index in [1.807, 2.05) is 60.7 Å². The van der Waals surface area contributed by atoms with Crippen LogP contribution in [0.5, 0.6) is 17.4 Å². The number of ketones is 1. The van der Waals surface area contributed by atoms with Gasteiger partial charge in [0.2, 0.25) is 5.88 Å². The molecule has 35 heavy (non-hydrogen) atoms. The van der Waals surface area contributed by atoms with Crippen LogP contribution in [0, 0.1) is 0 Å². The van der Waals surface area contributed by atoms with Gasteiger partial charge in [-0.3, -0.25) is 4.79 Å². The Labute approximate surface area is 204 Å². The average molecular weight is 470 g/mol. The van der Waals surface area contributed by atoms with Crippen molar-refractivity contribution in [2.45, 2.75) is 12.8 Å². The van der Waals surface area contributed by atoms with Crippen LogP contribution in [0.1, 0.15) is 16.8 Å². The highest BCUT2D eigenvalue weighted by Crippen LogP contribution is 2.28. The highest BCUT2D eigenvalue weighted by atomic mass is 16.5. The van der Waals surface area contributed by atoms with E-state index < -0.39 is 0 Å². The number of hydrogen-bond donors (Lipinski definition) is 1. The molecule has 0 atom stereocenters. The molecule has 4 aromatic rings. The van der Waals surface area contributed by atoms with Gasteiger partial charge in [-0.25, -0.2) is 9.97 Å². The Hall–Kier alpha value is -4.39. The molecule has 2 heterocycles. The smallest absolute Gasteiger partial charge is 0.213 e. The van der Waals surface area contributed by atoms with Crippen LogP contribution in [0.3, 0.4) is 0 Å². The van der Waals surface area contributed by atoms with Crippen molar-refractivity contribution in [3.63, 3.8) is 0 Å². The average Bonchev–Trinajstić information content (AvgIpc) is 3.41. The predicted molar refractivity (Wildman–Crippen MR) is 135 cm³/mol. The van der Waals surface area contributed by atoms with Gasteiger partial charge in [-0.2, -0.15) is 0 Å². The van der Waals surface area contributed by atoms with Crippen molar-refractivity contribution in [2.24, 2.45) is 0 Å². The lowest BCUT2D eigenvalue weighted by molar-refractivity contribution is -0.113. The maximum absolute atomic E-state index is 12.3. The Morgan fingerprint density at radius 1 is 0.971 bits per heavy atom. The molecule has 0 aliphatic rings. The first-order chi connectivity index (χ1) is 17.1. The number of ether oxygens (including phenoxy) is 3. The number of aromatic nitrogens is 3. The van der Waals surface area contributed by atoms with Gasteiger partial charge in [0, 0.05) is 24.5 Å². The van der Waals surface area contributed by atoms with Crippen LogP contribution in [-0.2, 0) is 17.6 Å². The lowest BCUT2D eigenvalue weighted by atomic mass is 10.0. The summed E-state index contributed by atoms with van der Waals surface area (Å²) < 4.78 is 16.6. The van der Waals surface area contributed by atoms with E-state index in [4.69, 9.17) is 14.2 Å². The van der Waals surface area contributed by atoms with E-state index in [2.05, 4.69) is 15.0 Å². The number of pyridine rings is 1. The van der Waals surface area contributed by atoms with E-state index >= 15 is 0 Å². The van der Waals surface area contributed by atoms with Gasteiger partial charge >= 0.3 is 0 Å². The third-order valence-electron chi connectivity index (χ3n) is 5.38. The molecule has 0 saturated heterocycles. The Morgan fingerprint density at radius 3 is 2.63 bits per heavy atom. The van der Waals surface area contributed by atoms with Gasteiger partial charge in [-0.05, 0) is 47.5 Å². The second kappa shape index (κ2) is 11.7. The van der Waals surface area contributed by atoms with Crippen LogP contribution in [0.15, 0.2) is 79.3 Å². The molecular formula is C28H27N3O4. The van der Waals surface area contributed by atoms with E-state index in [-0.39, 0.29) is 5.78 Å². The van der Waals surface area contributed by atoms with E-state index in [1.165, 1.54) is 0 Å². The fourth-order valence-corrected chi connectivity index (χ4v) is 3.61. The summed E-state index contributed by atoms with van der Waals surface area (Å²) in [6.07, 6.45) is 7.54. The summed E-state index contributed by atoms with van der Waals surface area (Å²) in [6.45, 7) is 0.475. The lowest BCUT2D eigenvalue weighted by Crippen LogP contribution is -2.03. The molecule has 0 spiro atoms. The van der Waals surface area contributed by atoms with Crippen LogP contribution in [0.25, 0.3) is 17.3 Å². The van der Waals surface area contributed by atoms with Gasteiger partial charge in [0.25, 0.3) is 0 Å². The quantitative estimate of drug-likeness (QED) is 0.313. The minimum Gasteiger partial charge on any atom is -0.493 e. The van der Waals surface area contributed by atoms with Crippen LogP contribution in [0.2, 0.25) is 0 Å². The summed E-state index contributed by atoms with van der Waals surface area (Å²) in [5.41, 5.74) is 4.51. The van der Waals surface area contributed by atoms with Gasteiger partial charge in [0.15, 0.2) is 17.3 Å². The highest BCUT2D eigenvalue weighted by Gasteiger charge is 2.07. The highest BCUT2D eigenvalue weighted by molar-refractivity contribution is 5.94. The van der Waals surface area contributed by atoms with Crippen LogP contribution < -0.4 is 14.2 Å². The number of hydrogen-bond acceptors (Lipinski definition) is 6. The third-order valence-corrected chi connectivity index (χ3v) is 5.38. The van der Waals surface area contributed by atoms with Crippen LogP contribution in [0.4, 0.5) is 0 Å². The predicted octanol–water partition coefficient (Wildman–Crippen LogP) is 4.94. The molecule has 0 radical (unpaired) electrons. The maximum Gasteiger partial charge on any atom is 0.213 e. The number of carbonyl (C=O) groups is 1. The zero-order valence-electron chi connectivity index (χ0n) is 19.7. The monoisotopic (exact) mass is 469 g/mol. The topological polar surface area (TPSA) is 86.3 Å². The van der Waals surface area contributed by atoms with Gasteiger partial charge in [0.1, 0.15) is 0 Å². The van der Waals surface area contributed by atoms with Crippen molar-refractivity contribution >= 4 is 11.9 Å². The molecule has 4 rings (SSSR count). The molecule has 178 valence electrons. The van der Waals surface area contributed by atoms with Crippen molar-refractivity contribution in [2.75, 3.05) is 20.8 Å². The molecule has 1 N–H and O–H groups in total. The fraction of sp³-hybridized carbons (Fsp3) is 0.179. The second-order valence-corrected chi connectivity index (χ2v) is 7.83. The van der Waals surface area contributed by atoms with Crippen molar-refractivity contribution in [3.8, 4) is 28.6 Å². The number of allylic oxidation sites excluding steroid dienone is 1. The normalized spacial score (nSPS) is 10.9. The first kappa shape index (κ1) is 23.8. The fourth-order valence-electron chi connectivity index (χ4n) is 3.61. The number of nitrogens with one attached hydrogen (secondary N) is 1. The van der Waals surface area contributed by atoms with Crippen LogP contribution in [-0.4, -0.2) is 41.6 Å². The van der Waals surface area contributed by atoms with Crippen molar-refractivity contribution in [1.29, 1.82) is 0 Å². The minimum atomic E-state index is 0.0111. The summed E-state index contributed by atoms with van der Waals surface area (Å²) in [7, 11) is 3.24. The number of carbonyl (C=O) groups excluding carboxylic acids is 1. The van der Waals surface area contributed by atoms with Crippen molar-refractivity contribution < 1.29 is 19.0 Å². The molecule has 0 saturated carbocycles. The summed E-state index contributed by atoms with van der Waals surface area (Å²) in [5.74, 6) is 1.95. The summed E-state index contributed by atoms with van der Waals surface area (Å²) in [4.78, 5) is 23.9.